The second kappa shape index (κ2) is 6.17. The molecule has 1 saturated heterocycles. The minimum atomic E-state index is 0.617. The summed E-state index contributed by atoms with van der Waals surface area (Å²) in [5.41, 5.74) is 0. The van der Waals surface area contributed by atoms with Gasteiger partial charge in [-0.15, -0.1) is 6.58 Å². The van der Waals surface area contributed by atoms with Gasteiger partial charge in [0.1, 0.15) is 0 Å². The maximum Gasteiger partial charge on any atom is 0.0469 e. The zero-order chi connectivity index (χ0) is 9.52. The average Bonchev–Trinajstić information content (AvgIpc) is 2.19. The summed E-state index contributed by atoms with van der Waals surface area (Å²) in [5, 5.41) is 3.53. The minimum absolute atomic E-state index is 0.617. The fourth-order valence-electron chi connectivity index (χ4n) is 2.00. The Bertz CT molecular complexity index is 141. The van der Waals surface area contributed by atoms with Crippen LogP contribution in [0.25, 0.3) is 0 Å². The van der Waals surface area contributed by atoms with E-state index in [4.69, 9.17) is 4.74 Å². The van der Waals surface area contributed by atoms with Gasteiger partial charge in [0.15, 0.2) is 0 Å². The van der Waals surface area contributed by atoms with Crippen molar-refractivity contribution in [2.24, 2.45) is 5.92 Å². The molecule has 0 spiro atoms. The Hall–Kier alpha value is -0.340. The second-order valence-corrected chi connectivity index (χ2v) is 3.64. The molecule has 1 N–H and O–H groups in total. The van der Waals surface area contributed by atoms with Gasteiger partial charge >= 0.3 is 0 Å². The van der Waals surface area contributed by atoms with Crippen molar-refractivity contribution in [1.29, 1.82) is 0 Å². The molecule has 0 aliphatic carbocycles. The van der Waals surface area contributed by atoms with Crippen molar-refractivity contribution < 1.29 is 4.74 Å². The highest BCUT2D eigenvalue weighted by Gasteiger charge is 2.21. The lowest BCUT2D eigenvalue weighted by Gasteiger charge is -2.30. The summed E-state index contributed by atoms with van der Waals surface area (Å²) in [4.78, 5) is 0. The summed E-state index contributed by atoms with van der Waals surface area (Å²) >= 11 is 0. The Morgan fingerprint density at radius 2 is 2.23 bits per heavy atom. The molecule has 1 heterocycles. The second-order valence-electron chi connectivity index (χ2n) is 3.64. The van der Waals surface area contributed by atoms with E-state index in [2.05, 4.69) is 18.8 Å². The number of ether oxygens (including phenoxy) is 1. The van der Waals surface area contributed by atoms with Crippen LogP contribution in [0, 0.1) is 5.92 Å². The van der Waals surface area contributed by atoms with Gasteiger partial charge in [0.25, 0.3) is 0 Å². The van der Waals surface area contributed by atoms with Crippen LogP contribution in [0.3, 0.4) is 0 Å². The van der Waals surface area contributed by atoms with E-state index in [9.17, 15) is 0 Å². The first-order valence-electron chi connectivity index (χ1n) is 5.30. The highest BCUT2D eigenvalue weighted by atomic mass is 16.5. The molecular formula is C11H21NO. The summed E-state index contributed by atoms with van der Waals surface area (Å²) in [6, 6.07) is 0.617. The molecule has 1 unspecified atom stereocenters. The SMILES string of the molecule is C=CCC(NCC)C1CCOCC1. The summed E-state index contributed by atoms with van der Waals surface area (Å²) in [7, 11) is 0. The van der Waals surface area contributed by atoms with Crippen LogP contribution < -0.4 is 5.32 Å². The van der Waals surface area contributed by atoms with Gasteiger partial charge < -0.3 is 10.1 Å². The molecule has 1 fully saturated rings. The van der Waals surface area contributed by atoms with E-state index in [-0.39, 0.29) is 0 Å². The average molecular weight is 183 g/mol. The molecular weight excluding hydrogens is 162 g/mol. The summed E-state index contributed by atoms with van der Waals surface area (Å²) in [5.74, 6) is 0.784. The molecule has 2 heteroatoms. The fraction of sp³-hybridized carbons (Fsp3) is 0.818. The van der Waals surface area contributed by atoms with E-state index in [1.54, 1.807) is 0 Å². The van der Waals surface area contributed by atoms with E-state index in [1.165, 1.54) is 12.8 Å². The quantitative estimate of drug-likeness (QED) is 0.658. The van der Waals surface area contributed by atoms with Crippen molar-refractivity contribution in [3.63, 3.8) is 0 Å². The number of nitrogens with one attached hydrogen (secondary N) is 1. The van der Waals surface area contributed by atoms with Gasteiger partial charge in [-0.05, 0) is 31.7 Å². The van der Waals surface area contributed by atoms with Gasteiger partial charge in [0.05, 0.1) is 0 Å². The maximum atomic E-state index is 5.35. The van der Waals surface area contributed by atoms with Gasteiger partial charge in [-0.25, -0.2) is 0 Å². The third-order valence-electron chi connectivity index (χ3n) is 2.72. The van der Waals surface area contributed by atoms with E-state index in [1.807, 2.05) is 6.08 Å². The maximum absolute atomic E-state index is 5.35. The van der Waals surface area contributed by atoms with Crippen molar-refractivity contribution in [3.8, 4) is 0 Å². The van der Waals surface area contributed by atoms with Gasteiger partial charge in [-0.3, -0.25) is 0 Å². The molecule has 0 bridgehead atoms. The van der Waals surface area contributed by atoms with E-state index < -0.39 is 0 Å². The van der Waals surface area contributed by atoms with Crippen LogP contribution >= 0.6 is 0 Å². The van der Waals surface area contributed by atoms with Gasteiger partial charge in [0, 0.05) is 19.3 Å². The predicted octanol–water partition coefficient (Wildman–Crippen LogP) is 1.97. The topological polar surface area (TPSA) is 21.3 Å². The molecule has 0 amide bonds. The van der Waals surface area contributed by atoms with Crippen molar-refractivity contribution in [2.45, 2.75) is 32.2 Å². The van der Waals surface area contributed by atoms with Crippen LogP contribution in [-0.4, -0.2) is 25.8 Å². The summed E-state index contributed by atoms with van der Waals surface area (Å²) in [6.45, 7) is 8.89. The van der Waals surface area contributed by atoms with Crippen LogP contribution in [0.15, 0.2) is 12.7 Å². The van der Waals surface area contributed by atoms with Crippen LogP contribution in [0.4, 0.5) is 0 Å². The molecule has 1 aliphatic rings. The van der Waals surface area contributed by atoms with Gasteiger partial charge in [-0.2, -0.15) is 0 Å². The van der Waals surface area contributed by atoms with Crippen molar-refractivity contribution >= 4 is 0 Å². The third-order valence-corrected chi connectivity index (χ3v) is 2.72. The number of hydrogen-bond donors (Lipinski definition) is 1. The molecule has 1 atom stereocenters. The van der Waals surface area contributed by atoms with Crippen LogP contribution in [0.2, 0.25) is 0 Å². The smallest absolute Gasteiger partial charge is 0.0469 e. The highest BCUT2D eigenvalue weighted by molar-refractivity contribution is 4.84. The van der Waals surface area contributed by atoms with Crippen molar-refractivity contribution in [1.82, 2.24) is 5.32 Å². The largest absolute Gasteiger partial charge is 0.381 e. The minimum Gasteiger partial charge on any atom is -0.381 e. The zero-order valence-corrected chi connectivity index (χ0v) is 8.59. The molecule has 0 saturated carbocycles. The Labute approximate surface area is 81.4 Å². The molecule has 13 heavy (non-hydrogen) atoms. The molecule has 0 aromatic carbocycles. The van der Waals surface area contributed by atoms with Crippen LogP contribution in [-0.2, 0) is 4.74 Å². The monoisotopic (exact) mass is 183 g/mol. The first kappa shape index (κ1) is 10.7. The number of rotatable bonds is 5. The Morgan fingerprint density at radius 1 is 1.54 bits per heavy atom. The normalized spacial score (nSPS) is 21.3. The summed E-state index contributed by atoms with van der Waals surface area (Å²) < 4.78 is 5.35. The summed E-state index contributed by atoms with van der Waals surface area (Å²) in [6.07, 6.45) is 5.50. The van der Waals surface area contributed by atoms with Crippen molar-refractivity contribution in [3.05, 3.63) is 12.7 Å². The first-order chi connectivity index (χ1) is 6.38. The zero-order valence-electron chi connectivity index (χ0n) is 8.59. The fourth-order valence-corrected chi connectivity index (χ4v) is 2.00. The number of hydrogen-bond acceptors (Lipinski definition) is 2. The molecule has 1 aliphatic heterocycles. The lowest BCUT2D eigenvalue weighted by molar-refractivity contribution is 0.0543. The Balaban J connectivity index is 2.36. The molecule has 0 aromatic rings. The standard InChI is InChI=1S/C11H21NO/c1-3-5-11(12-4-2)10-6-8-13-9-7-10/h3,10-12H,1,4-9H2,2H3. The first-order valence-corrected chi connectivity index (χ1v) is 5.30. The van der Waals surface area contributed by atoms with E-state index >= 15 is 0 Å². The van der Waals surface area contributed by atoms with Gasteiger partial charge in [-0.1, -0.05) is 13.0 Å². The molecule has 2 nitrogen and oxygen atoms in total. The van der Waals surface area contributed by atoms with Crippen LogP contribution in [0.1, 0.15) is 26.2 Å². The Morgan fingerprint density at radius 3 is 2.77 bits per heavy atom. The predicted molar refractivity (Wildman–Crippen MR) is 55.8 cm³/mol. The van der Waals surface area contributed by atoms with E-state index in [0.29, 0.717) is 6.04 Å². The third kappa shape index (κ3) is 3.49. The van der Waals surface area contributed by atoms with Gasteiger partial charge in [0.2, 0.25) is 0 Å². The van der Waals surface area contributed by atoms with Crippen LogP contribution in [0.5, 0.6) is 0 Å². The highest BCUT2D eigenvalue weighted by Crippen LogP contribution is 2.20. The molecule has 76 valence electrons. The van der Waals surface area contributed by atoms with Crippen molar-refractivity contribution in [2.75, 3.05) is 19.8 Å². The van der Waals surface area contributed by atoms with E-state index in [0.717, 1.165) is 32.1 Å². The molecule has 0 aromatic heterocycles. The lowest BCUT2D eigenvalue weighted by Crippen LogP contribution is -2.38. The lowest BCUT2D eigenvalue weighted by atomic mass is 9.90. The Kier molecular flexibility index (Phi) is 5.09. The molecule has 0 radical (unpaired) electrons. The molecule has 1 rings (SSSR count).